The molecule has 0 aromatic carbocycles. The summed E-state index contributed by atoms with van der Waals surface area (Å²) in [5.41, 5.74) is -0.782. The predicted molar refractivity (Wildman–Crippen MR) is 152 cm³/mol. The number of ether oxygens (including phenoxy) is 5. The van der Waals surface area contributed by atoms with E-state index in [1.807, 2.05) is 6.92 Å². The molecule has 15 heteroatoms. The second-order valence-electron chi connectivity index (χ2n) is 12.4. The zero-order valence-corrected chi connectivity index (χ0v) is 24.9. The zero-order valence-electron chi connectivity index (χ0n) is 24.9. The maximum absolute atomic E-state index is 11.3. The molecule has 8 rings (SSSR count). The van der Waals surface area contributed by atoms with Crippen molar-refractivity contribution in [2.45, 2.75) is 69.1 Å². The predicted octanol–water partition coefficient (Wildman–Crippen LogP) is 0.250. The first-order chi connectivity index (χ1) is 21.0. The Balaban J connectivity index is 0.897. The summed E-state index contributed by atoms with van der Waals surface area (Å²) in [6.07, 6.45) is 2.31. The lowest BCUT2D eigenvalue weighted by atomic mass is 9.63. The van der Waals surface area contributed by atoms with E-state index in [-0.39, 0.29) is 11.8 Å². The molecule has 240 valence electrons. The molecule has 7 aliphatic rings. The van der Waals surface area contributed by atoms with Crippen molar-refractivity contribution in [1.82, 2.24) is 20.3 Å². The number of aromatic nitrogens is 3. The molecule has 1 aromatic heterocycles. The van der Waals surface area contributed by atoms with Crippen molar-refractivity contribution in [3.8, 4) is 0 Å². The Morgan fingerprint density at radius 2 is 1.63 bits per heavy atom. The van der Waals surface area contributed by atoms with E-state index in [0.29, 0.717) is 70.5 Å². The third kappa shape index (κ3) is 6.03. The standard InChI is InChI=1S/C28H45N7O8/c1-27-6-5-19-3-2-4-20-21(36)22(40-23(41-27)28(19,20)43-42-27)39-14-9-29-7-8-30-24-31-25(34-10-15-37-16-11-34)33-26(32-24)35-12-17-38-18-13-35/h19-23,29,36H,2-18H2,1H3,(H,30,31,32,33)/t19?,20?,21-,22?,23-,27?,28-/m1/s1. The van der Waals surface area contributed by atoms with Gasteiger partial charge in [-0.25, -0.2) is 9.78 Å². The maximum Gasteiger partial charge on any atom is 0.232 e. The summed E-state index contributed by atoms with van der Waals surface area (Å²) in [5.74, 6) is 1.09. The Hall–Kier alpha value is -1.95. The summed E-state index contributed by atoms with van der Waals surface area (Å²) in [7, 11) is 0. The van der Waals surface area contributed by atoms with E-state index < -0.39 is 30.1 Å². The van der Waals surface area contributed by atoms with E-state index in [1.165, 1.54) is 0 Å². The molecule has 3 N–H and O–H groups in total. The van der Waals surface area contributed by atoms with Crippen LogP contribution in [0.1, 0.15) is 39.0 Å². The highest BCUT2D eigenvalue weighted by atomic mass is 17.3. The summed E-state index contributed by atoms with van der Waals surface area (Å²) < 4.78 is 29.6. The fourth-order valence-corrected chi connectivity index (χ4v) is 7.26. The summed E-state index contributed by atoms with van der Waals surface area (Å²) in [5, 5.41) is 18.0. The van der Waals surface area contributed by atoms with Crippen LogP contribution in [-0.4, -0.2) is 129 Å². The van der Waals surface area contributed by atoms with Gasteiger partial charge in [0.1, 0.15) is 6.10 Å². The fraction of sp³-hybridized carbons (Fsp3) is 0.893. The first kappa shape index (κ1) is 29.7. The van der Waals surface area contributed by atoms with Crippen LogP contribution in [0.3, 0.4) is 0 Å². The van der Waals surface area contributed by atoms with Gasteiger partial charge >= 0.3 is 0 Å². The molecule has 1 spiro atoms. The van der Waals surface area contributed by atoms with Crippen LogP contribution in [-0.2, 0) is 33.5 Å². The van der Waals surface area contributed by atoms with Crippen molar-refractivity contribution in [3.63, 3.8) is 0 Å². The van der Waals surface area contributed by atoms with Gasteiger partial charge < -0.3 is 49.2 Å². The van der Waals surface area contributed by atoms with Crippen LogP contribution in [0.15, 0.2) is 0 Å². The minimum absolute atomic E-state index is 0.167. The van der Waals surface area contributed by atoms with Crippen molar-refractivity contribution < 1.29 is 38.6 Å². The van der Waals surface area contributed by atoms with Gasteiger partial charge in [0.15, 0.2) is 18.2 Å². The SMILES string of the molecule is CC12CCC3CCCC4[C@@H](O)C(OCCNCCNc5nc(N6CCOCC6)nc(N6CCOCC6)n5)O[C@H](O1)[C@@]34OO2. The van der Waals surface area contributed by atoms with Crippen LogP contribution in [0, 0.1) is 11.8 Å². The quantitative estimate of drug-likeness (QED) is 0.246. The van der Waals surface area contributed by atoms with Crippen molar-refractivity contribution in [2.24, 2.45) is 11.8 Å². The Morgan fingerprint density at radius 3 is 2.35 bits per heavy atom. The molecule has 0 radical (unpaired) electrons. The van der Waals surface area contributed by atoms with Crippen LogP contribution in [0.5, 0.6) is 0 Å². The molecule has 7 atom stereocenters. The van der Waals surface area contributed by atoms with E-state index in [2.05, 4.69) is 20.4 Å². The van der Waals surface area contributed by atoms with Crippen LogP contribution in [0.4, 0.5) is 17.8 Å². The van der Waals surface area contributed by atoms with Crippen molar-refractivity contribution in [2.75, 3.05) is 94.0 Å². The monoisotopic (exact) mass is 607 g/mol. The van der Waals surface area contributed by atoms with E-state index >= 15 is 0 Å². The summed E-state index contributed by atoms with van der Waals surface area (Å²) >= 11 is 0. The van der Waals surface area contributed by atoms with Crippen molar-refractivity contribution in [3.05, 3.63) is 0 Å². The molecule has 1 saturated carbocycles. The van der Waals surface area contributed by atoms with Crippen molar-refractivity contribution >= 4 is 17.8 Å². The van der Waals surface area contributed by atoms with E-state index in [0.717, 1.165) is 58.3 Å². The van der Waals surface area contributed by atoms with Gasteiger partial charge in [-0.2, -0.15) is 15.0 Å². The summed E-state index contributed by atoms with van der Waals surface area (Å²) in [6, 6.07) is 0. The van der Waals surface area contributed by atoms with E-state index in [4.69, 9.17) is 48.4 Å². The summed E-state index contributed by atoms with van der Waals surface area (Å²) in [6.45, 7) is 9.79. The lowest BCUT2D eigenvalue weighted by molar-refractivity contribution is -0.577. The number of morpholine rings is 2. The Kier molecular flexibility index (Phi) is 8.86. The van der Waals surface area contributed by atoms with Gasteiger partial charge in [-0.15, -0.1) is 0 Å². The van der Waals surface area contributed by atoms with Gasteiger partial charge in [0.2, 0.25) is 23.6 Å². The van der Waals surface area contributed by atoms with E-state index in [1.54, 1.807) is 0 Å². The highest BCUT2D eigenvalue weighted by Gasteiger charge is 2.69. The van der Waals surface area contributed by atoms with Gasteiger partial charge in [0.05, 0.1) is 33.0 Å². The van der Waals surface area contributed by atoms with E-state index in [9.17, 15) is 5.11 Å². The number of hydrogen-bond donors (Lipinski definition) is 3. The van der Waals surface area contributed by atoms with Crippen molar-refractivity contribution in [1.29, 1.82) is 0 Å². The number of hydrogen-bond acceptors (Lipinski definition) is 15. The topological polar surface area (TPSA) is 154 Å². The average molecular weight is 608 g/mol. The molecule has 0 amide bonds. The normalized spacial score (nSPS) is 37.6. The van der Waals surface area contributed by atoms with Gasteiger partial charge in [-0.1, -0.05) is 6.42 Å². The molecule has 6 saturated heterocycles. The minimum Gasteiger partial charge on any atom is -0.387 e. The van der Waals surface area contributed by atoms with Crippen LogP contribution < -0.4 is 20.4 Å². The lowest BCUT2D eigenvalue weighted by Gasteiger charge is -2.58. The van der Waals surface area contributed by atoms with Crippen LogP contribution >= 0.6 is 0 Å². The maximum atomic E-state index is 11.3. The zero-order chi connectivity index (χ0) is 29.3. The smallest absolute Gasteiger partial charge is 0.232 e. The second-order valence-corrected chi connectivity index (χ2v) is 12.4. The number of rotatable bonds is 10. The number of fused-ring (bicyclic) bond motifs is 2. The molecule has 7 fully saturated rings. The number of aliphatic hydroxyl groups excluding tert-OH is 1. The molecular formula is C28H45N7O8. The second kappa shape index (κ2) is 12.8. The highest BCUT2D eigenvalue weighted by molar-refractivity contribution is 5.45. The van der Waals surface area contributed by atoms with Crippen LogP contribution in [0.2, 0.25) is 0 Å². The number of nitrogens with one attached hydrogen (secondary N) is 2. The largest absolute Gasteiger partial charge is 0.387 e. The highest BCUT2D eigenvalue weighted by Crippen LogP contribution is 2.57. The Labute approximate surface area is 251 Å². The third-order valence-corrected chi connectivity index (χ3v) is 9.61. The average Bonchev–Trinajstić information content (AvgIpc) is 3.27. The lowest BCUT2D eigenvalue weighted by Crippen LogP contribution is -2.71. The molecule has 1 aromatic rings. The number of nitrogens with zero attached hydrogens (tertiary/aromatic N) is 5. The molecule has 1 aliphatic carbocycles. The molecule has 7 heterocycles. The first-order valence-electron chi connectivity index (χ1n) is 15.9. The van der Waals surface area contributed by atoms with Gasteiger partial charge in [-0.05, 0) is 32.1 Å². The molecule has 6 aliphatic heterocycles. The molecule has 4 unspecified atom stereocenters. The van der Waals surface area contributed by atoms with Gasteiger partial charge in [0, 0.05) is 58.2 Å². The molecular weight excluding hydrogens is 562 g/mol. The first-order valence-corrected chi connectivity index (χ1v) is 15.9. The summed E-state index contributed by atoms with van der Waals surface area (Å²) in [4.78, 5) is 30.2. The van der Waals surface area contributed by atoms with Crippen LogP contribution in [0.25, 0.3) is 0 Å². The minimum atomic E-state index is -0.844. The molecule has 2 bridgehead atoms. The third-order valence-electron chi connectivity index (χ3n) is 9.61. The van der Waals surface area contributed by atoms with Gasteiger partial charge in [0.25, 0.3) is 0 Å². The number of anilines is 3. The number of aliphatic hydroxyl groups is 1. The fourth-order valence-electron chi connectivity index (χ4n) is 7.26. The molecule has 15 nitrogen and oxygen atoms in total. The molecule has 43 heavy (non-hydrogen) atoms. The van der Waals surface area contributed by atoms with Gasteiger partial charge in [-0.3, -0.25) is 0 Å². The Morgan fingerprint density at radius 1 is 0.907 bits per heavy atom. The Bertz CT molecular complexity index is 1060.